The van der Waals surface area contributed by atoms with Gasteiger partial charge in [0.15, 0.2) is 0 Å². The fraction of sp³-hybridized carbons (Fsp3) is 0.286. The molecule has 1 heterocycles. The molecule has 0 fully saturated rings. The van der Waals surface area contributed by atoms with Gasteiger partial charge < -0.3 is 9.88 Å². The van der Waals surface area contributed by atoms with Crippen LogP contribution in [0.15, 0.2) is 41.8 Å². The molecule has 0 saturated carbocycles. The molecule has 1 amide bonds. The van der Waals surface area contributed by atoms with Crippen molar-refractivity contribution in [3.05, 3.63) is 48.0 Å². The molecule has 0 atom stereocenters. The van der Waals surface area contributed by atoms with Crippen molar-refractivity contribution in [2.24, 2.45) is 0 Å². The second-order valence-electron chi connectivity index (χ2n) is 4.74. The Morgan fingerprint density at radius 1 is 1.36 bits per heavy atom. The Balaban J connectivity index is 2.10. The Morgan fingerprint density at radius 3 is 2.77 bits per heavy atom. The van der Waals surface area contributed by atoms with Crippen LogP contribution in [-0.2, 0) is 16.6 Å². The highest BCUT2D eigenvalue weighted by Gasteiger charge is 2.16. The number of hydrogen-bond donors (Lipinski definition) is 2. The summed E-state index contributed by atoms with van der Waals surface area (Å²) in [6.07, 6.45) is 5.13. The lowest BCUT2D eigenvalue weighted by Crippen LogP contribution is -2.28. The molecule has 2 aromatic rings. The second-order valence-corrected chi connectivity index (χ2v) is 6.63. The van der Waals surface area contributed by atoms with Gasteiger partial charge in [-0.1, -0.05) is 6.07 Å². The van der Waals surface area contributed by atoms with E-state index in [0.29, 0.717) is 18.7 Å². The van der Waals surface area contributed by atoms with Gasteiger partial charge in [0.1, 0.15) is 0 Å². The van der Waals surface area contributed by atoms with E-state index in [1.54, 1.807) is 31.7 Å². The van der Waals surface area contributed by atoms with Crippen LogP contribution in [-0.4, -0.2) is 37.5 Å². The zero-order valence-corrected chi connectivity index (χ0v) is 13.2. The Labute approximate surface area is 129 Å². The van der Waals surface area contributed by atoms with E-state index in [0.717, 1.165) is 5.56 Å². The van der Waals surface area contributed by atoms with Gasteiger partial charge in [0.25, 0.3) is 5.91 Å². The van der Waals surface area contributed by atoms with Crippen molar-refractivity contribution in [3.63, 3.8) is 0 Å². The van der Waals surface area contributed by atoms with Crippen LogP contribution in [0.3, 0.4) is 0 Å². The van der Waals surface area contributed by atoms with Crippen LogP contribution in [0.2, 0.25) is 0 Å². The summed E-state index contributed by atoms with van der Waals surface area (Å²) in [4.78, 5) is 16.2. The van der Waals surface area contributed by atoms with Gasteiger partial charge in [0.05, 0.1) is 11.2 Å². The smallest absolute Gasteiger partial charge is 0.251 e. The molecule has 8 heteroatoms. The van der Waals surface area contributed by atoms with Gasteiger partial charge in [0.2, 0.25) is 10.0 Å². The number of nitrogens with one attached hydrogen (secondary N) is 2. The number of aryl methyl sites for hydroxylation is 1. The van der Waals surface area contributed by atoms with Crippen LogP contribution in [0, 0.1) is 6.92 Å². The molecule has 2 N–H and O–H groups in total. The van der Waals surface area contributed by atoms with Crippen molar-refractivity contribution < 1.29 is 13.2 Å². The molecule has 2 rings (SSSR count). The van der Waals surface area contributed by atoms with Crippen molar-refractivity contribution in [2.75, 3.05) is 13.6 Å². The summed E-state index contributed by atoms with van der Waals surface area (Å²) in [5, 5.41) is 2.77. The summed E-state index contributed by atoms with van der Waals surface area (Å²) < 4.78 is 27.7. The number of imidazole rings is 1. The largest absolute Gasteiger partial charge is 0.350 e. The molecular weight excluding hydrogens is 304 g/mol. The average molecular weight is 322 g/mol. The zero-order chi connectivity index (χ0) is 16.2. The minimum absolute atomic E-state index is 0.0698. The van der Waals surface area contributed by atoms with Gasteiger partial charge in [-0.05, 0) is 31.7 Å². The minimum Gasteiger partial charge on any atom is -0.350 e. The van der Waals surface area contributed by atoms with E-state index in [1.165, 1.54) is 19.2 Å². The highest BCUT2D eigenvalue weighted by Crippen LogP contribution is 2.15. The Bertz CT molecular complexity index is 754. The SMILES string of the molecule is CNS(=O)(=O)c1ccc(C)c(C(=O)NCCn2ccnc2)c1. The van der Waals surface area contributed by atoms with Crippen molar-refractivity contribution in [1.29, 1.82) is 0 Å². The summed E-state index contributed by atoms with van der Waals surface area (Å²) in [6.45, 7) is 2.79. The van der Waals surface area contributed by atoms with Crippen LogP contribution in [0.25, 0.3) is 0 Å². The molecule has 118 valence electrons. The van der Waals surface area contributed by atoms with Gasteiger partial charge in [-0.15, -0.1) is 0 Å². The minimum atomic E-state index is -3.57. The van der Waals surface area contributed by atoms with E-state index >= 15 is 0 Å². The quantitative estimate of drug-likeness (QED) is 0.811. The number of carbonyl (C=O) groups is 1. The molecule has 0 saturated heterocycles. The standard InChI is InChI=1S/C14H18N4O3S/c1-11-3-4-12(22(20,21)15-2)9-13(11)14(19)17-6-8-18-7-5-16-10-18/h3-5,7,9-10,15H,6,8H2,1-2H3,(H,17,19). The molecule has 22 heavy (non-hydrogen) atoms. The molecule has 1 aromatic heterocycles. The van der Waals surface area contributed by atoms with E-state index in [4.69, 9.17) is 0 Å². The van der Waals surface area contributed by atoms with Crippen molar-refractivity contribution in [2.45, 2.75) is 18.4 Å². The third kappa shape index (κ3) is 3.71. The topological polar surface area (TPSA) is 93.1 Å². The summed E-state index contributed by atoms with van der Waals surface area (Å²) in [6, 6.07) is 4.48. The summed E-state index contributed by atoms with van der Waals surface area (Å²) in [7, 11) is -2.24. The number of benzene rings is 1. The number of rotatable bonds is 6. The highest BCUT2D eigenvalue weighted by molar-refractivity contribution is 7.89. The zero-order valence-electron chi connectivity index (χ0n) is 12.4. The first-order chi connectivity index (χ1) is 10.4. The lowest BCUT2D eigenvalue weighted by molar-refractivity contribution is 0.0951. The molecule has 0 aliphatic carbocycles. The van der Waals surface area contributed by atoms with Crippen molar-refractivity contribution in [3.8, 4) is 0 Å². The van der Waals surface area contributed by atoms with Gasteiger partial charge in [0, 0.05) is 31.0 Å². The third-order valence-electron chi connectivity index (χ3n) is 3.25. The molecule has 0 unspecified atom stereocenters. The predicted octanol–water partition coefficient (Wildman–Crippen LogP) is 0.530. The Kier molecular flexibility index (Phi) is 4.94. The van der Waals surface area contributed by atoms with Crippen LogP contribution >= 0.6 is 0 Å². The van der Waals surface area contributed by atoms with E-state index < -0.39 is 10.0 Å². The number of aromatic nitrogens is 2. The predicted molar refractivity (Wildman–Crippen MR) is 82.0 cm³/mol. The first kappa shape index (κ1) is 16.2. The maximum Gasteiger partial charge on any atom is 0.251 e. The van der Waals surface area contributed by atoms with Crippen molar-refractivity contribution in [1.82, 2.24) is 19.6 Å². The fourth-order valence-corrected chi connectivity index (χ4v) is 2.70. The first-order valence-corrected chi connectivity index (χ1v) is 8.20. The summed E-state index contributed by atoms with van der Waals surface area (Å²) in [5.74, 6) is -0.300. The molecule has 0 aliphatic rings. The second kappa shape index (κ2) is 6.71. The number of hydrogen-bond acceptors (Lipinski definition) is 4. The first-order valence-electron chi connectivity index (χ1n) is 6.72. The van der Waals surface area contributed by atoms with Crippen LogP contribution in [0.4, 0.5) is 0 Å². The molecule has 1 aromatic carbocycles. The van der Waals surface area contributed by atoms with Crippen LogP contribution in [0.5, 0.6) is 0 Å². The van der Waals surface area contributed by atoms with Crippen molar-refractivity contribution >= 4 is 15.9 Å². The van der Waals surface area contributed by atoms with E-state index in [1.807, 2.05) is 4.57 Å². The van der Waals surface area contributed by atoms with Gasteiger partial charge >= 0.3 is 0 Å². The maximum atomic E-state index is 12.2. The normalized spacial score (nSPS) is 11.4. The third-order valence-corrected chi connectivity index (χ3v) is 4.66. The van der Waals surface area contributed by atoms with Gasteiger partial charge in [-0.3, -0.25) is 4.79 Å². The number of sulfonamides is 1. The van der Waals surface area contributed by atoms with E-state index in [9.17, 15) is 13.2 Å². The lowest BCUT2D eigenvalue weighted by Gasteiger charge is -2.10. The van der Waals surface area contributed by atoms with E-state index in [2.05, 4.69) is 15.0 Å². The van der Waals surface area contributed by atoms with Crippen LogP contribution in [0.1, 0.15) is 15.9 Å². The summed E-state index contributed by atoms with van der Waals surface area (Å²) in [5.41, 5.74) is 1.07. The Hall–Kier alpha value is -2.19. The number of carbonyl (C=O) groups excluding carboxylic acids is 1. The van der Waals surface area contributed by atoms with Gasteiger partial charge in [-0.2, -0.15) is 0 Å². The molecule has 0 bridgehead atoms. The molecule has 0 radical (unpaired) electrons. The molecular formula is C14H18N4O3S. The Morgan fingerprint density at radius 2 is 2.14 bits per heavy atom. The maximum absolute atomic E-state index is 12.2. The summed E-state index contributed by atoms with van der Waals surface area (Å²) >= 11 is 0. The number of amides is 1. The lowest BCUT2D eigenvalue weighted by atomic mass is 10.1. The highest BCUT2D eigenvalue weighted by atomic mass is 32.2. The van der Waals surface area contributed by atoms with E-state index in [-0.39, 0.29) is 10.8 Å². The number of nitrogens with zero attached hydrogens (tertiary/aromatic N) is 2. The molecule has 0 aliphatic heterocycles. The van der Waals surface area contributed by atoms with Crippen LogP contribution < -0.4 is 10.0 Å². The molecule has 0 spiro atoms. The average Bonchev–Trinajstić information content (AvgIpc) is 3.00. The van der Waals surface area contributed by atoms with Gasteiger partial charge in [-0.25, -0.2) is 18.1 Å². The molecule has 7 nitrogen and oxygen atoms in total. The fourth-order valence-electron chi connectivity index (χ4n) is 1.94. The monoisotopic (exact) mass is 322 g/mol.